The van der Waals surface area contributed by atoms with Crippen molar-refractivity contribution in [3.8, 4) is 0 Å². The first-order valence-electron chi connectivity index (χ1n) is 6.61. The molecule has 0 aliphatic carbocycles. The van der Waals surface area contributed by atoms with E-state index in [9.17, 15) is 0 Å². The van der Waals surface area contributed by atoms with E-state index in [1.165, 1.54) is 32.4 Å². The minimum absolute atomic E-state index is 0.376. The highest BCUT2D eigenvalue weighted by molar-refractivity contribution is 4.74. The van der Waals surface area contributed by atoms with Crippen LogP contribution in [0.5, 0.6) is 0 Å². The zero-order valence-electron chi connectivity index (χ0n) is 10.7. The molecule has 1 fully saturated rings. The van der Waals surface area contributed by atoms with Crippen LogP contribution in [0.3, 0.4) is 0 Å². The van der Waals surface area contributed by atoms with Crippen molar-refractivity contribution >= 4 is 0 Å². The van der Waals surface area contributed by atoms with Gasteiger partial charge < -0.3 is 10.6 Å². The second-order valence-corrected chi connectivity index (χ2v) is 5.40. The van der Waals surface area contributed by atoms with Crippen molar-refractivity contribution in [2.45, 2.75) is 52.5 Å². The third-order valence-corrected chi connectivity index (χ3v) is 3.83. The van der Waals surface area contributed by atoms with Crippen LogP contribution in [-0.2, 0) is 0 Å². The molecule has 0 radical (unpaired) electrons. The van der Waals surface area contributed by atoms with Gasteiger partial charge in [0, 0.05) is 12.6 Å². The van der Waals surface area contributed by atoms with Crippen LogP contribution in [0.2, 0.25) is 0 Å². The number of hydrogen-bond donors (Lipinski definition) is 1. The lowest BCUT2D eigenvalue weighted by Gasteiger charge is -2.23. The summed E-state index contributed by atoms with van der Waals surface area (Å²) in [6, 6.07) is 0.376. The molecule has 0 aromatic heterocycles. The molecule has 2 nitrogen and oxygen atoms in total. The van der Waals surface area contributed by atoms with Crippen LogP contribution in [0.4, 0.5) is 0 Å². The molecule has 15 heavy (non-hydrogen) atoms. The van der Waals surface area contributed by atoms with Gasteiger partial charge in [-0.05, 0) is 50.6 Å². The van der Waals surface area contributed by atoms with Crippen molar-refractivity contribution in [3.05, 3.63) is 0 Å². The molecule has 1 rings (SSSR count). The Kier molecular flexibility index (Phi) is 5.62. The summed E-state index contributed by atoms with van der Waals surface area (Å²) >= 11 is 0. The Hall–Kier alpha value is -0.0800. The Balaban J connectivity index is 2.32. The van der Waals surface area contributed by atoms with Gasteiger partial charge in [0.15, 0.2) is 0 Å². The minimum Gasteiger partial charge on any atom is -0.327 e. The highest BCUT2D eigenvalue weighted by atomic mass is 15.1. The van der Waals surface area contributed by atoms with Gasteiger partial charge >= 0.3 is 0 Å². The molecular formula is C13H28N2. The van der Waals surface area contributed by atoms with E-state index < -0.39 is 0 Å². The summed E-state index contributed by atoms with van der Waals surface area (Å²) in [5.74, 6) is 1.79. The summed E-state index contributed by atoms with van der Waals surface area (Å²) in [7, 11) is 0. The summed E-state index contributed by atoms with van der Waals surface area (Å²) < 4.78 is 0. The molecule has 0 spiro atoms. The van der Waals surface area contributed by atoms with Crippen molar-refractivity contribution in [1.82, 2.24) is 4.90 Å². The average Bonchev–Trinajstić information content (AvgIpc) is 2.43. The summed E-state index contributed by atoms with van der Waals surface area (Å²) in [5.41, 5.74) is 6.01. The number of nitrogens with two attached hydrogens (primary N) is 1. The van der Waals surface area contributed by atoms with Crippen LogP contribution >= 0.6 is 0 Å². The van der Waals surface area contributed by atoms with Crippen LogP contribution in [0.1, 0.15) is 46.5 Å². The summed E-state index contributed by atoms with van der Waals surface area (Å²) in [6.07, 6.45) is 5.24. The number of nitrogens with zero attached hydrogens (tertiary/aromatic N) is 1. The number of hydrogen-bond acceptors (Lipinski definition) is 2. The molecule has 0 aromatic carbocycles. The first kappa shape index (κ1) is 13.0. The lowest BCUT2D eigenvalue weighted by atomic mass is 9.89. The van der Waals surface area contributed by atoms with Crippen molar-refractivity contribution in [1.29, 1.82) is 0 Å². The molecule has 0 bridgehead atoms. The predicted molar refractivity (Wildman–Crippen MR) is 66.9 cm³/mol. The maximum atomic E-state index is 6.01. The van der Waals surface area contributed by atoms with Gasteiger partial charge in [-0.2, -0.15) is 0 Å². The minimum atomic E-state index is 0.376. The highest BCUT2D eigenvalue weighted by Crippen LogP contribution is 2.24. The molecule has 2 N–H and O–H groups in total. The molecule has 1 aliphatic rings. The first-order chi connectivity index (χ1) is 7.13. The van der Waals surface area contributed by atoms with Gasteiger partial charge in [0.25, 0.3) is 0 Å². The first-order valence-corrected chi connectivity index (χ1v) is 6.61. The number of rotatable bonds is 4. The van der Waals surface area contributed by atoms with E-state index in [-0.39, 0.29) is 0 Å². The van der Waals surface area contributed by atoms with Crippen molar-refractivity contribution in [2.24, 2.45) is 17.6 Å². The normalized spacial score (nSPS) is 26.6. The fraction of sp³-hybridized carbons (Fsp3) is 1.00. The molecule has 0 aromatic rings. The summed E-state index contributed by atoms with van der Waals surface area (Å²) in [5, 5.41) is 0. The third-order valence-electron chi connectivity index (χ3n) is 3.83. The maximum Gasteiger partial charge on any atom is 0.0165 e. The largest absolute Gasteiger partial charge is 0.327 e. The Morgan fingerprint density at radius 1 is 1.27 bits per heavy atom. The molecule has 1 aliphatic heterocycles. The van der Waals surface area contributed by atoms with Gasteiger partial charge in [-0.15, -0.1) is 0 Å². The number of likely N-dealkylation sites (tertiary alicyclic amines) is 1. The van der Waals surface area contributed by atoms with Crippen LogP contribution in [0.15, 0.2) is 0 Å². The van der Waals surface area contributed by atoms with Gasteiger partial charge in [-0.25, -0.2) is 0 Å². The molecule has 0 saturated carbocycles. The molecule has 1 heterocycles. The second kappa shape index (κ2) is 6.49. The van der Waals surface area contributed by atoms with E-state index in [4.69, 9.17) is 5.73 Å². The van der Waals surface area contributed by atoms with Gasteiger partial charge in [0.05, 0.1) is 0 Å². The fourth-order valence-electron chi connectivity index (χ4n) is 2.49. The van der Waals surface area contributed by atoms with Gasteiger partial charge in [-0.1, -0.05) is 20.8 Å². The van der Waals surface area contributed by atoms with E-state index in [1.807, 2.05) is 0 Å². The smallest absolute Gasteiger partial charge is 0.0165 e. The topological polar surface area (TPSA) is 29.3 Å². The zero-order valence-corrected chi connectivity index (χ0v) is 10.7. The van der Waals surface area contributed by atoms with Gasteiger partial charge in [-0.3, -0.25) is 0 Å². The van der Waals surface area contributed by atoms with E-state index in [1.54, 1.807) is 0 Å². The van der Waals surface area contributed by atoms with Gasteiger partial charge in [0.1, 0.15) is 0 Å². The Bertz CT molecular complexity index is 168. The third kappa shape index (κ3) is 4.52. The second-order valence-electron chi connectivity index (χ2n) is 5.40. The molecule has 0 amide bonds. The standard InChI is InChI=1S/C13H28N2/c1-4-13(14)10-15-8-5-6-12(7-9-15)11(2)3/h11-13H,4-10,14H2,1-3H3. The quantitative estimate of drug-likeness (QED) is 0.776. The summed E-state index contributed by atoms with van der Waals surface area (Å²) in [6.45, 7) is 10.5. The van der Waals surface area contributed by atoms with E-state index in [2.05, 4.69) is 25.7 Å². The van der Waals surface area contributed by atoms with Crippen molar-refractivity contribution in [3.63, 3.8) is 0 Å². The maximum absolute atomic E-state index is 6.01. The lowest BCUT2D eigenvalue weighted by molar-refractivity contribution is 0.255. The van der Waals surface area contributed by atoms with Crippen LogP contribution in [0, 0.1) is 11.8 Å². The molecule has 90 valence electrons. The molecule has 2 unspecified atom stereocenters. The Labute approximate surface area is 95.2 Å². The molecular weight excluding hydrogens is 184 g/mol. The Morgan fingerprint density at radius 2 is 2.00 bits per heavy atom. The zero-order chi connectivity index (χ0) is 11.3. The Morgan fingerprint density at radius 3 is 2.60 bits per heavy atom. The molecule has 1 saturated heterocycles. The van der Waals surface area contributed by atoms with Crippen molar-refractivity contribution < 1.29 is 0 Å². The van der Waals surface area contributed by atoms with E-state index >= 15 is 0 Å². The van der Waals surface area contributed by atoms with Gasteiger partial charge in [0.2, 0.25) is 0 Å². The van der Waals surface area contributed by atoms with E-state index in [0.717, 1.165) is 24.8 Å². The van der Waals surface area contributed by atoms with E-state index in [0.29, 0.717) is 6.04 Å². The van der Waals surface area contributed by atoms with Crippen LogP contribution in [0.25, 0.3) is 0 Å². The average molecular weight is 212 g/mol. The van der Waals surface area contributed by atoms with Crippen LogP contribution in [-0.4, -0.2) is 30.6 Å². The molecule has 2 heteroatoms. The fourth-order valence-corrected chi connectivity index (χ4v) is 2.49. The summed E-state index contributed by atoms with van der Waals surface area (Å²) in [4.78, 5) is 2.57. The van der Waals surface area contributed by atoms with Crippen molar-refractivity contribution in [2.75, 3.05) is 19.6 Å². The predicted octanol–water partition coefficient (Wildman–Crippen LogP) is 2.48. The monoisotopic (exact) mass is 212 g/mol. The molecule has 2 atom stereocenters. The van der Waals surface area contributed by atoms with Crippen LogP contribution < -0.4 is 5.73 Å². The lowest BCUT2D eigenvalue weighted by Crippen LogP contribution is -2.37. The highest BCUT2D eigenvalue weighted by Gasteiger charge is 2.19. The SMILES string of the molecule is CCC(N)CN1CCCC(C(C)C)CC1.